The number of benzene rings is 2. The molecule has 162 valence electrons. The van der Waals surface area contributed by atoms with Gasteiger partial charge in [-0.2, -0.15) is 0 Å². The van der Waals surface area contributed by atoms with Gasteiger partial charge in [0.2, 0.25) is 5.91 Å². The molecule has 1 unspecified atom stereocenters. The van der Waals surface area contributed by atoms with E-state index in [1.54, 1.807) is 19.1 Å². The van der Waals surface area contributed by atoms with Gasteiger partial charge in [0.05, 0.1) is 4.47 Å². The lowest BCUT2D eigenvalue weighted by Crippen LogP contribution is -2.50. The summed E-state index contributed by atoms with van der Waals surface area (Å²) in [5.41, 5.74) is 2.05. The van der Waals surface area contributed by atoms with E-state index in [2.05, 4.69) is 28.2 Å². The Kier molecular flexibility index (Phi) is 9.18. The van der Waals surface area contributed by atoms with Crippen LogP contribution < -0.4 is 10.1 Å². The molecular weight excluding hydrogens is 468 g/mol. The summed E-state index contributed by atoms with van der Waals surface area (Å²) in [7, 11) is 0. The van der Waals surface area contributed by atoms with Crippen LogP contribution in [-0.2, 0) is 22.6 Å². The summed E-state index contributed by atoms with van der Waals surface area (Å²) in [6, 6.07) is 12.3. The Bertz CT molecular complexity index is 871. The molecule has 0 saturated carbocycles. The van der Waals surface area contributed by atoms with E-state index in [4.69, 9.17) is 16.3 Å². The molecule has 0 bridgehead atoms. The highest BCUT2D eigenvalue weighted by Gasteiger charge is 2.27. The van der Waals surface area contributed by atoms with Crippen LogP contribution in [0.5, 0.6) is 5.75 Å². The summed E-state index contributed by atoms with van der Waals surface area (Å²) in [6.45, 7) is 7.67. The lowest BCUT2D eigenvalue weighted by Gasteiger charge is -2.29. The quantitative estimate of drug-likeness (QED) is 0.533. The van der Waals surface area contributed by atoms with E-state index in [0.29, 0.717) is 10.8 Å². The molecular formula is C23H28BrClN2O3. The van der Waals surface area contributed by atoms with Gasteiger partial charge in [-0.05, 0) is 78.5 Å². The first-order valence-electron chi connectivity index (χ1n) is 9.96. The Balaban J connectivity index is 2.16. The van der Waals surface area contributed by atoms with Gasteiger partial charge in [0.15, 0.2) is 6.61 Å². The molecule has 1 N–H and O–H groups in total. The number of nitrogens with zero attached hydrogens (tertiary/aromatic N) is 1. The second kappa shape index (κ2) is 11.4. The molecule has 0 aliphatic heterocycles. The number of halogens is 2. The second-order valence-electron chi connectivity index (χ2n) is 7.39. The fourth-order valence-electron chi connectivity index (χ4n) is 2.88. The molecule has 0 spiro atoms. The van der Waals surface area contributed by atoms with Crippen LogP contribution in [0.3, 0.4) is 0 Å². The maximum atomic E-state index is 13.0. The summed E-state index contributed by atoms with van der Waals surface area (Å²) in [5, 5.41) is 3.48. The minimum atomic E-state index is -0.648. The smallest absolute Gasteiger partial charge is 0.261 e. The van der Waals surface area contributed by atoms with Gasteiger partial charge in [-0.3, -0.25) is 9.59 Å². The Labute approximate surface area is 191 Å². The molecule has 0 aliphatic rings. The number of ether oxygens (including phenoxy) is 1. The Morgan fingerprint density at radius 3 is 2.30 bits per heavy atom. The van der Waals surface area contributed by atoms with Gasteiger partial charge < -0.3 is 15.0 Å². The van der Waals surface area contributed by atoms with Gasteiger partial charge in [0, 0.05) is 17.6 Å². The zero-order valence-electron chi connectivity index (χ0n) is 17.7. The fourth-order valence-corrected chi connectivity index (χ4v) is 3.54. The average Bonchev–Trinajstić information content (AvgIpc) is 2.71. The SMILES string of the molecule is CCc1ccc(OCC(=O)N(Cc2ccc(Cl)cc2)C(C)C(=O)NC(C)C)c(Br)c1. The maximum absolute atomic E-state index is 13.0. The molecule has 2 aromatic rings. The van der Waals surface area contributed by atoms with Crippen LogP contribution in [0, 0.1) is 0 Å². The van der Waals surface area contributed by atoms with Crippen LogP contribution in [-0.4, -0.2) is 35.4 Å². The number of amides is 2. The highest BCUT2D eigenvalue weighted by Crippen LogP contribution is 2.26. The molecule has 0 saturated heterocycles. The zero-order valence-corrected chi connectivity index (χ0v) is 20.1. The standard InChI is InChI=1S/C23H28BrClN2O3/c1-5-17-8-11-21(20(24)12-17)30-14-22(28)27(16(4)23(29)26-15(2)3)13-18-6-9-19(25)10-7-18/h6-12,15-16H,5,13-14H2,1-4H3,(H,26,29). The highest BCUT2D eigenvalue weighted by molar-refractivity contribution is 9.10. The average molecular weight is 496 g/mol. The van der Waals surface area contributed by atoms with Crippen molar-refractivity contribution in [2.45, 2.75) is 52.7 Å². The lowest BCUT2D eigenvalue weighted by molar-refractivity contribution is -0.142. The molecule has 1 atom stereocenters. The van der Waals surface area contributed by atoms with Crippen molar-refractivity contribution in [3.63, 3.8) is 0 Å². The number of nitrogens with one attached hydrogen (secondary N) is 1. The largest absolute Gasteiger partial charge is 0.483 e. The van der Waals surface area contributed by atoms with E-state index in [1.807, 2.05) is 44.2 Å². The van der Waals surface area contributed by atoms with E-state index in [0.717, 1.165) is 16.5 Å². The lowest BCUT2D eigenvalue weighted by atomic mass is 10.1. The normalized spacial score (nSPS) is 11.8. The Morgan fingerprint density at radius 1 is 1.10 bits per heavy atom. The Hall–Kier alpha value is -2.05. The zero-order chi connectivity index (χ0) is 22.3. The van der Waals surface area contributed by atoms with Crippen molar-refractivity contribution >= 4 is 39.3 Å². The predicted molar refractivity (Wildman–Crippen MR) is 124 cm³/mol. The second-order valence-corrected chi connectivity index (χ2v) is 8.69. The highest BCUT2D eigenvalue weighted by atomic mass is 79.9. The van der Waals surface area contributed by atoms with Crippen LogP contribution in [0.4, 0.5) is 0 Å². The molecule has 0 aromatic heterocycles. The van der Waals surface area contributed by atoms with Gasteiger partial charge in [-0.25, -0.2) is 0 Å². The van der Waals surface area contributed by atoms with Crippen molar-refractivity contribution in [2.75, 3.05) is 6.61 Å². The van der Waals surface area contributed by atoms with Crippen molar-refractivity contribution in [3.05, 3.63) is 63.1 Å². The minimum absolute atomic E-state index is 0.0169. The van der Waals surface area contributed by atoms with Crippen molar-refractivity contribution in [3.8, 4) is 5.75 Å². The third-order valence-corrected chi connectivity index (χ3v) is 5.49. The molecule has 7 heteroatoms. The number of hydrogen-bond acceptors (Lipinski definition) is 3. The molecule has 2 rings (SSSR count). The first-order valence-corrected chi connectivity index (χ1v) is 11.1. The predicted octanol–water partition coefficient (Wildman–Crippen LogP) is 4.99. The number of carbonyl (C=O) groups excluding carboxylic acids is 2. The summed E-state index contributed by atoms with van der Waals surface area (Å²) in [5.74, 6) is 0.106. The first kappa shape index (κ1) is 24.2. The van der Waals surface area contributed by atoms with E-state index in [-0.39, 0.29) is 31.0 Å². The van der Waals surface area contributed by atoms with Crippen LogP contribution in [0.25, 0.3) is 0 Å². The maximum Gasteiger partial charge on any atom is 0.261 e. The number of carbonyl (C=O) groups is 2. The van der Waals surface area contributed by atoms with E-state index in [1.165, 1.54) is 10.5 Å². The summed E-state index contributed by atoms with van der Waals surface area (Å²) < 4.78 is 6.55. The van der Waals surface area contributed by atoms with Crippen LogP contribution in [0.1, 0.15) is 38.8 Å². The number of rotatable bonds is 9. The molecule has 30 heavy (non-hydrogen) atoms. The minimum Gasteiger partial charge on any atom is -0.483 e. The van der Waals surface area contributed by atoms with Gasteiger partial charge in [0.25, 0.3) is 5.91 Å². The van der Waals surface area contributed by atoms with Crippen LogP contribution >= 0.6 is 27.5 Å². The van der Waals surface area contributed by atoms with Crippen molar-refractivity contribution < 1.29 is 14.3 Å². The third-order valence-electron chi connectivity index (χ3n) is 4.62. The topological polar surface area (TPSA) is 58.6 Å². The molecule has 0 fully saturated rings. The van der Waals surface area contributed by atoms with Gasteiger partial charge in [-0.1, -0.05) is 36.7 Å². The van der Waals surface area contributed by atoms with Gasteiger partial charge >= 0.3 is 0 Å². The van der Waals surface area contributed by atoms with E-state index < -0.39 is 6.04 Å². The number of hydrogen-bond donors (Lipinski definition) is 1. The summed E-state index contributed by atoms with van der Waals surface area (Å²) >= 11 is 9.45. The molecule has 0 aliphatic carbocycles. The van der Waals surface area contributed by atoms with Crippen LogP contribution in [0.2, 0.25) is 5.02 Å². The van der Waals surface area contributed by atoms with Crippen molar-refractivity contribution in [1.29, 1.82) is 0 Å². The Morgan fingerprint density at radius 2 is 1.73 bits per heavy atom. The van der Waals surface area contributed by atoms with E-state index >= 15 is 0 Å². The van der Waals surface area contributed by atoms with E-state index in [9.17, 15) is 9.59 Å². The van der Waals surface area contributed by atoms with Gasteiger partial charge in [-0.15, -0.1) is 0 Å². The van der Waals surface area contributed by atoms with Crippen molar-refractivity contribution in [1.82, 2.24) is 10.2 Å². The monoisotopic (exact) mass is 494 g/mol. The molecule has 2 aromatic carbocycles. The molecule has 0 radical (unpaired) electrons. The van der Waals surface area contributed by atoms with Crippen molar-refractivity contribution in [2.24, 2.45) is 0 Å². The van der Waals surface area contributed by atoms with Gasteiger partial charge in [0.1, 0.15) is 11.8 Å². The van der Waals surface area contributed by atoms with Crippen LogP contribution in [0.15, 0.2) is 46.9 Å². The first-order chi connectivity index (χ1) is 14.2. The summed E-state index contributed by atoms with van der Waals surface area (Å²) in [4.78, 5) is 27.1. The molecule has 2 amide bonds. The third kappa shape index (κ3) is 7.03. The fraction of sp³-hybridized carbons (Fsp3) is 0.391. The molecule has 0 heterocycles. The summed E-state index contributed by atoms with van der Waals surface area (Å²) in [6.07, 6.45) is 0.912. The number of aryl methyl sites for hydroxylation is 1. The molecule has 5 nitrogen and oxygen atoms in total.